The fraction of sp³-hybridized carbons (Fsp3) is 0.600. The summed E-state index contributed by atoms with van der Waals surface area (Å²) >= 11 is 0. The van der Waals surface area contributed by atoms with Gasteiger partial charge in [-0.1, -0.05) is 107 Å². The molecule has 0 N–H and O–H groups in total. The van der Waals surface area contributed by atoms with Gasteiger partial charge in [0.15, 0.2) is 12.1 Å². The van der Waals surface area contributed by atoms with Crippen LogP contribution < -0.4 is 10.4 Å². The van der Waals surface area contributed by atoms with Gasteiger partial charge >= 0.3 is 0 Å². The van der Waals surface area contributed by atoms with Gasteiger partial charge in [0.2, 0.25) is 0 Å². The zero-order chi connectivity index (χ0) is 31.1. The van der Waals surface area contributed by atoms with Gasteiger partial charge in [0.05, 0.1) is 18.3 Å². The highest BCUT2D eigenvalue weighted by molar-refractivity contribution is 6.99. The first-order valence-corrected chi connectivity index (χ1v) is 21.5. The summed E-state index contributed by atoms with van der Waals surface area (Å²) in [4.78, 5) is 0. The summed E-state index contributed by atoms with van der Waals surface area (Å²) in [6, 6.07) is 22.7. The lowest BCUT2D eigenvalue weighted by atomic mass is 9.90. The Morgan fingerprint density at radius 2 is 1.51 bits per heavy atom. The van der Waals surface area contributed by atoms with E-state index in [0.717, 1.165) is 18.9 Å². The molecule has 0 bridgehead atoms. The topological polar surface area (TPSA) is 55.4 Å². The zero-order valence-corrected chi connectivity index (χ0v) is 29.5. The molecule has 6 nitrogen and oxygen atoms in total. The van der Waals surface area contributed by atoms with E-state index in [-0.39, 0.29) is 30.1 Å². The molecule has 2 saturated heterocycles. The number of benzene rings is 2. The number of rotatable bonds is 13. The summed E-state index contributed by atoms with van der Waals surface area (Å²) < 4.78 is 39.3. The van der Waals surface area contributed by atoms with E-state index < -0.39 is 28.5 Å². The van der Waals surface area contributed by atoms with Crippen LogP contribution in [0.4, 0.5) is 0 Å². The Morgan fingerprint density at radius 3 is 2.05 bits per heavy atom. The second-order valence-electron chi connectivity index (χ2n) is 14.4. The molecule has 5 atom stereocenters. The molecule has 2 aromatic rings. The van der Waals surface area contributed by atoms with Crippen LogP contribution in [0.1, 0.15) is 52.9 Å². The fourth-order valence-corrected chi connectivity index (χ4v) is 12.0. The molecule has 2 aliphatic heterocycles. The molecule has 1 spiro atoms. The highest BCUT2D eigenvalue weighted by Crippen LogP contribution is 2.45. The quantitative estimate of drug-likeness (QED) is 0.105. The van der Waals surface area contributed by atoms with Crippen molar-refractivity contribution >= 4 is 26.8 Å². The smallest absolute Gasteiger partial charge is 0.261 e. The summed E-state index contributed by atoms with van der Waals surface area (Å²) in [5.41, 5.74) is 0. The first kappa shape index (κ1) is 34.3. The Labute approximate surface area is 262 Å². The van der Waals surface area contributed by atoms with E-state index in [9.17, 15) is 0 Å². The van der Waals surface area contributed by atoms with E-state index in [1.165, 1.54) is 10.4 Å². The van der Waals surface area contributed by atoms with Crippen molar-refractivity contribution in [3.63, 3.8) is 0 Å². The number of methoxy groups -OCH3 is 1. The van der Waals surface area contributed by atoms with Crippen molar-refractivity contribution in [1.82, 2.24) is 0 Å². The lowest BCUT2D eigenvalue weighted by Gasteiger charge is -2.52. The van der Waals surface area contributed by atoms with Crippen molar-refractivity contribution in [2.45, 2.75) is 114 Å². The van der Waals surface area contributed by atoms with E-state index in [1.807, 2.05) is 6.08 Å². The van der Waals surface area contributed by atoms with Gasteiger partial charge in [-0.15, -0.1) is 6.58 Å². The van der Waals surface area contributed by atoms with Crippen molar-refractivity contribution in [1.29, 1.82) is 0 Å². The van der Waals surface area contributed by atoms with Crippen LogP contribution in [0.2, 0.25) is 30.7 Å². The molecule has 8 heteroatoms. The highest BCUT2D eigenvalue weighted by Gasteiger charge is 2.55. The monoisotopic (exact) mass is 626 g/mol. The van der Waals surface area contributed by atoms with Crippen LogP contribution >= 0.6 is 0 Å². The average Bonchev–Trinajstić information content (AvgIpc) is 2.95. The van der Waals surface area contributed by atoms with Crippen molar-refractivity contribution in [2.75, 3.05) is 20.5 Å². The number of hydrogen-bond acceptors (Lipinski definition) is 6. The van der Waals surface area contributed by atoms with Crippen molar-refractivity contribution in [2.24, 2.45) is 0 Å². The Hall–Kier alpha value is -1.63. The van der Waals surface area contributed by atoms with Crippen molar-refractivity contribution < 1.29 is 28.1 Å². The van der Waals surface area contributed by atoms with Crippen LogP contribution in [0.25, 0.3) is 0 Å². The lowest BCUT2D eigenvalue weighted by Crippen LogP contribution is -2.69. The van der Waals surface area contributed by atoms with Crippen LogP contribution in [0.3, 0.4) is 0 Å². The van der Waals surface area contributed by atoms with E-state index >= 15 is 0 Å². The van der Waals surface area contributed by atoms with Crippen LogP contribution in [0.5, 0.6) is 0 Å². The first-order valence-electron chi connectivity index (χ1n) is 15.9. The van der Waals surface area contributed by atoms with Gasteiger partial charge in [-0.05, 0) is 27.9 Å². The van der Waals surface area contributed by atoms with Crippen LogP contribution in [-0.2, 0) is 28.1 Å². The van der Waals surface area contributed by atoms with Gasteiger partial charge in [0.25, 0.3) is 8.32 Å². The third-order valence-corrected chi connectivity index (χ3v) is 15.4. The minimum atomic E-state index is -2.81. The second-order valence-corrected chi connectivity index (χ2v) is 24.2. The van der Waals surface area contributed by atoms with Crippen LogP contribution in [0.15, 0.2) is 73.3 Å². The fourth-order valence-electron chi connectivity index (χ4n) is 6.52. The van der Waals surface area contributed by atoms with E-state index in [4.69, 9.17) is 28.1 Å². The lowest BCUT2D eigenvalue weighted by molar-refractivity contribution is -0.381. The third kappa shape index (κ3) is 8.76. The normalized spacial score (nSPS) is 26.9. The molecule has 2 fully saturated rings. The van der Waals surface area contributed by atoms with E-state index in [2.05, 4.69) is 108 Å². The molecule has 43 heavy (non-hydrogen) atoms. The molecule has 0 aliphatic carbocycles. The molecule has 0 aromatic heterocycles. The van der Waals surface area contributed by atoms with Gasteiger partial charge in [-0.2, -0.15) is 0 Å². The molecule has 2 heterocycles. The first-order chi connectivity index (χ1) is 20.4. The molecule has 0 saturated carbocycles. The molecule has 0 unspecified atom stereocenters. The van der Waals surface area contributed by atoms with Gasteiger partial charge in [0, 0.05) is 47.5 Å². The largest absolute Gasteiger partial charge is 0.404 e. The summed E-state index contributed by atoms with van der Waals surface area (Å²) in [7, 11) is -2.23. The summed E-state index contributed by atoms with van der Waals surface area (Å²) in [5, 5.41) is 2.36. The summed E-state index contributed by atoms with van der Waals surface area (Å²) in [6.45, 7) is 18.8. The van der Waals surface area contributed by atoms with E-state index in [0.29, 0.717) is 25.9 Å². The maximum atomic E-state index is 7.61. The predicted molar refractivity (Wildman–Crippen MR) is 179 cm³/mol. The van der Waals surface area contributed by atoms with Crippen molar-refractivity contribution in [3.8, 4) is 0 Å². The molecule has 238 valence electrons. The molecular formula is C35H54O6Si2. The minimum absolute atomic E-state index is 0.0129. The third-order valence-electron chi connectivity index (χ3n) is 8.64. The molecule has 4 rings (SSSR count). The number of hydrogen-bond donors (Lipinski definition) is 0. The molecule has 0 radical (unpaired) electrons. The number of ether oxygens (including phenoxy) is 5. The Bertz CT molecular complexity index is 1090. The maximum Gasteiger partial charge on any atom is 0.261 e. The average molecular weight is 627 g/mol. The minimum Gasteiger partial charge on any atom is -0.404 e. The molecule has 0 amide bonds. The van der Waals surface area contributed by atoms with Gasteiger partial charge in [-0.3, -0.25) is 0 Å². The van der Waals surface area contributed by atoms with Crippen LogP contribution in [-0.4, -0.2) is 67.3 Å². The Morgan fingerprint density at radius 1 is 0.907 bits per heavy atom. The summed E-state index contributed by atoms with van der Waals surface area (Å²) in [5.74, 6) is -0.885. The van der Waals surface area contributed by atoms with Gasteiger partial charge < -0.3 is 28.1 Å². The Balaban J connectivity index is 1.68. The van der Waals surface area contributed by atoms with Crippen molar-refractivity contribution in [3.05, 3.63) is 73.3 Å². The van der Waals surface area contributed by atoms with Crippen LogP contribution in [0, 0.1) is 0 Å². The zero-order valence-electron chi connectivity index (χ0n) is 27.5. The SMILES string of the molecule is C=CC[C@@H]1C[C@H](OC)C[C@@]2(C[C@@H](O[Si](c3ccccc3)(c3ccccc3)C(C)(C)C)C[C@H](OCOCC[Si](C)(C)C)O2)O1. The van der Waals surface area contributed by atoms with Gasteiger partial charge in [-0.25, -0.2) is 0 Å². The maximum absolute atomic E-state index is 7.61. The predicted octanol–water partition coefficient (Wildman–Crippen LogP) is 6.86. The van der Waals surface area contributed by atoms with Gasteiger partial charge in [0.1, 0.15) is 6.79 Å². The molecule has 2 aromatic carbocycles. The molecular weight excluding hydrogens is 573 g/mol. The second kappa shape index (κ2) is 14.6. The highest BCUT2D eigenvalue weighted by atomic mass is 28.4. The standard InChI is InChI=1S/C35H54O6Si2/c1-9-16-28-23-29(36-5)25-35(39-28)26-30(24-33(40-35)38-27-37-21-22-42(6,7)8)41-43(34(2,3)4,31-17-12-10-13-18-31)32-19-14-11-15-20-32/h9-15,17-20,28-30,33H,1,16,21-27H2,2-8H3/t28-,29+,30+,33-,35-/m1/s1. The summed E-state index contributed by atoms with van der Waals surface area (Å²) in [6.07, 6.45) is 4.55. The van der Waals surface area contributed by atoms with E-state index in [1.54, 1.807) is 7.11 Å². The molecule has 2 aliphatic rings. The Kier molecular flexibility index (Phi) is 11.7.